The van der Waals surface area contributed by atoms with E-state index in [1.54, 1.807) is 19.1 Å². The van der Waals surface area contributed by atoms with Crippen molar-refractivity contribution in [1.82, 2.24) is 0 Å². The third kappa shape index (κ3) is 3.22. The van der Waals surface area contributed by atoms with Crippen LogP contribution in [-0.4, -0.2) is 26.7 Å². The summed E-state index contributed by atoms with van der Waals surface area (Å²) < 4.78 is 17.6. The van der Waals surface area contributed by atoms with Crippen LogP contribution in [0.5, 0.6) is 0 Å². The van der Waals surface area contributed by atoms with Crippen molar-refractivity contribution >= 4 is 11.7 Å². The van der Waals surface area contributed by atoms with E-state index >= 15 is 0 Å². The zero-order chi connectivity index (χ0) is 12.1. The fourth-order valence-electron chi connectivity index (χ4n) is 1.36. The molecule has 0 amide bonds. The molecule has 88 valence electrons. The number of rotatable bonds is 4. The Kier molecular flexibility index (Phi) is 4.28. The van der Waals surface area contributed by atoms with Crippen molar-refractivity contribution in [1.29, 1.82) is 0 Å². The first-order valence-electron chi connectivity index (χ1n) is 5.08. The van der Waals surface area contributed by atoms with Crippen LogP contribution in [-0.2, 0) is 9.53 Å². The summed E-state index contributed by atoms with van der Waals surface area (Å²) >= 11 is 0. The van der Waals surface area contributed by atoms with Gasteiger partial charge in [-0.2, -0.15) is 0 Å². The number of benzene rings is 1. The van der Waals surface area contributed by atoms with Gasteiger partial charge in [-0.15, -0.1) is 0 Å². The van der Waals surface area contributed by atoms with Crippen LogP contribution in [0.25, 0.3) is 0 Å². The summed E-state index contributed by atoms with van der Waals surface area (Å²) in [5.74, 6) is -0.462. The lowest BCUT2D eigenvalue weighted by atomic mass is 10.2. The molecule has 0 aliphatic rings. The second kappa shape index (κ2) is 5.49. The van der Waals surface area contributed by atoms with E-state index < -0.39 is 0 Å². The minimum absolute atomic E-state index is 0.217. The predicted molar refractivity (Wildman–Crippen MR) is 61.0 cm³/mol. The molecule has 0 saturated heterocycles. The Morgan fingerprint density at radius 1 is 1.50 bits per heavy atom. The summed E-state index contributed by atoms with van der Waals surface area (Å²) in [4.78, 5) is 12.9. The SMILES string of the molecule is COC(=O)CCN(C)c1ccc(F)c(C)c1. The molecule has 0 saturated carbocycles. The van der Waals surface area contributed by atoms with E-state index in [0.717, 1.165) is 5.69 Å². The van der Waals surface area contributed by atoms with Crippen LogP contribution in [0.15, 0.2) is 18.2 Å². The van der Waals surface area contributed by atoms with Gasteiger partial charge in [-0.1, -0.05) is 0 Å². The highest BCUT2D eigenvalue weighted by Gasteiger charge is 2.06. The van der Waals surface area contributed by atoms with Crippen molar-refractivity contribution in [3.63, 3.8) is 0 Å². The van der Waals surface area contributed by atoms with Gasteiger partial charge in [0.25, 0.3) is 0 Å². The van der Waals surface area contributed by atoms with Gasteiger partial charge in [0.2, 0.25) is 0 Å². The molecule has 0 atom stereocenters. The summed E-state index contributed by atoms with van der Waals surface area (Å²) in [5, 5.41) is 0. The normalized spacial score (nSPS) is 10.0. The van der Waals surface area contributed by atoms with Gasteiger partial charge in [0, 0.05) is 19.3 Å². The lowest BCUT2D eigenvalue weighted by molar-refractivity contribution is -0.140. The number of esters is 1. The van der Waals surface area contributed by atoms with E-state index in [4.69, 9.17) is 0 Å². The van der Waals surface area contributed by atoms with E-state index in [1.165, 1.54) is 13.2 Å². The van der Waals surface area contributed by atoms with Crippen LogP contribution in [0.4, 0.5) is 10.1 Å². The molecule has 0 radical (unpaired) electrons. The Balaban J connectivity index is 2.62. The molecule has 0 bridgehead atoms. The topological polar surface area (TPSA) is 29.5 Å². The van der Waals surface area contributed by atoms with Gasteiger partial charge < -0.3 is 9.64 Å². The smallest absolute Gasteiger partial charge is 0.307 e. The molecule has 3 nitrogen and oxygen atoms in total. The summed E-state index contributed by atoms with van der Waals surface area (Å²) in [6.45, 7) is 2.27. The Hall–Kier alpha value is -1.58. The number of hydrogen-bond acceptors (Lipinski definition) is 3. The first kappa shape index (κ1) is 12.5. The van der Waals surface area contributed by atoms with Gasteiger partial charge in [-0.3, -0.25) is 4.79 Å². The van der Waals surface area contributed by atoms with Gasteiger partial charge in [-0.25, -0.2) is 4.39 Å². The van der Waals surface area contributed by atoms with Gasteiger partial charge >= 0.3 is 5.97 Å². The van der Waals surface area contributed by atoms with Crippen LogP contribution in [0.3, 0.4) is 0 Å². The molecule has 0 spiro atoms. The Labute approximate surface area is 94.8 Å². The number of hydrogen-bond donors (Lipinski definition) is 0. The first-order valence-corrected chi connectivity index (χ1v) is 5.08. The molecule has 0 aliphatic carbocycles. The zero-order valence-corrected chi connectivity index (χ0v) is 9.79. The highest BCUT2D eigenvalue weighted by molar-refractivity contribution is 5.70. The fourth-order valence-corrected chi connectivity index (χ4v) is 1.36. The average molecular weight is 225 g/mol. The van der Waals surface area contributed by atoms with Crippen LogP contribution in [0, 0.1) is 12.7 Å². The first-order chi connectivity index (χ1) is 7.54. The van der Waals surface area contributed by atoms with Crippen molar-refractivity contribution in [2.45, 2.75) is 13.3 Å². The summed E-state index contributed by atoms with van der Waals surface area (Å²) in [7, 11) is 3.22. The highest BCUT2D eigenvalue weighted by Crippen LogP contribution is 2.17. The third-order valence-corrected chi connectivity index (χ3v) is 2.46. The van der Waals surface area contributed by atoms with E-state index in [9.17, 15) is 9.18 Å². The van der Waals surface area contributed by atoms with Crippen molar-refractivity contribution in [3.8, 4) is 0 Å². The number of aryl methyl sites for hydroxylation is 1. The lowest BCUT2D eigenvalue weighted by Gasteiger charge is -2.19. The Bertz CT molecular complexity index is 379. The number of ether oxygens (including phenoxy) is 1. The molecule has 0 fully saturated rings. The number of methoxy groups -OCH3 is 1. The maximum atomic E-state index is 13.0. The molecular formula is C12H16FNO2. The van der Waals surface area contributed by atoms with Crippen LogP contribution in [0.2, 0.25) is 0 Å². The van der Waals surface area contributed by atoms with E-state index in [-0.39, 0.29) is 11.8 Å². The van der Waals surface area contributed by atoms with E-state index in [2.05, 4.69) is 4.74 Å². The molecule has 0 heterocycles. The highest BCUT2D eigenvalue weighted by atomic mass is 19.1. The maximum Gasteiger partial charge on any atom is 0.307 e. The largest absolute Gasteiger partial charge is 0.469 e. The molecule has 0 aliphatic heterocycles. The Morgan fingerprint density at radius 3 is 2.75 bits per heavy atom. The summed E-state index contributed by atoms with van der Waals surface area (Å²) in [6, 6.07) is 4.88. The van der Waals surface area contributed by atoms with Crippen molar-refractivity contribution in [2.24, 2.45) is 0 Å². The van der Waals surface area contributed by atoms with Crippen LogP contribution < -0.4 is 4.90 Å². The standard InChI is InChI=1S/C12H16FNO2/c1-9-8-10(4-5-11(9)13)14(2)7-6-12(15)16-3/h4-5,8H,6-7H2,1-3H3. The quantitative estimate of drug-likeness (QED) is 0.735. The second-order valence-electron chi connectivity index (χ2n) is 3.68. The van der Waals surface area contributed by atoms with E-state index in [0.29, 0.717) is 18.5 Å². The van der Waals surface area contributed by atoms with Crippen molar-refractivity contribution in [3.05, 3.63) is 29.6 Å². The summed E-state index contributed by atoms with van der Waals surface area (Å²) in [5.41, 5.74) is 1.49. The number of nitrogens with zero attached hydrogens (tertiary/aromatic N) is 1. The predicted octanol–water partition coefficient (Wildman–Crippen LogP) is 2.13. The third-order valence-electron chi connectivity index (χ3n) is 2.46. The molecule has 1 aromatic carbocycles. The zero-order valence-electron chi connectivity index (χ0n) is 9.79. The van der Waals surface area contributed by atoms with Gasteiger partial charge in [0.15, 0.2) is 0 Å². The minimum atomic E-state index is -0.245. The van der Waals surface area contributed by atoms with Gasteiger partial charge in [0.05, 0.1) is 13.5 Å². The molecule has 1 rings (SSSR count). The molecule has 0 unspecified atom stereocenters. The monoisotopic (exact) mass is 225 g/mol. The van der Waals surface area contributed by atoms with Gasteiger partial charge in [-0.05, 0) is 30.7 Å². The molecular weight excluding hydrogens is 209 g/mol. The number of anilines is 1. The molecule has 16 heavy (non-hydrogen) atoms. The second-order valence-corrected chi connectivity index (χ2v) is 3.68. The summed E-state index contributed by atoms with van der Waals surface area (Å²) in [6.07, 6.45) is 0.323. The fraction of sp³-hybridized carbons (Fsp3) is 0.417. The van der Waals surface area contributed by atoms with Crippen molar-refractivity contribution < 1.29 is 13.9 Å². The molecule has 1 aromatic rings. The molecule has 4 heteroatoms. The molecule has 0 aromatic heterocycles. The average Bonchev–Trinajstić information content (AvgIpc) is 2.29. The number of carbonyl (C=O) groups is 1. The number of carbonyl (C=O) groups excluding carboxylic acids is 1. The van der Waals surface area contributed by atoms with Crippen LogP contribution >= 0.6 is 0 Å². The lowest BCUT2D eigenvalue weighted by Crippen LogP contribution is -2.21. The Morgan fingerprint density at radius 2 is 2.19 bits per heavy atom. The molecule has 0 N–H and O–H groups in total. The van der Waals surface area contributed by atoms with Crippen molar-refractivity contribution in [2.75, 3.05) is 25.6 Å². The maximum absolute atomic E-state index is 13.0. The number of halogens is 1. The van der Waals surface area contributed by atoms with Crippen LogP contribution in [0.1, 0.15) is 12.0 Å². The van der Waals surface area contributed by atoms with Gasteiger partial charge in [0.1, 0.15) is 5.82 Å². The minimum Gasteiger partial charge on any atom is -0.469 e. The van der Waals surface area contributed by atoms with E-state index in [1.807, 2.05) is 11.9 Å².